The number of hydrogen-bond acceptors (Lipinski definition) is 5. The smallest absolute Gasteiger partial charge is 0.231 e. The van der Waals surface area contributed by atoms with Gasteiger partial charge >= 0.3 is 0 Å². The molecule has 3 aliphatic rings. The van der Waals surface area contributed by atoms with Crippen LogP contribution in [0.3, 0.4) is 0 Å². The van der Waals surface area contributed by atoms with Crippen LogP contribution in [0.5, 0.6) is 11.5 Å². The number of likely N-dealkylation sites (tertiary alicyclic amines) is 1. The maximum atomic E-state index is 12.4. The molecule has 0 aromatic heterocycles. The predicted octanol–water partition coefficient (Wildman–Crippen LogP) is 2.31. The molecule has 2 saturated heterocycles. The summed E-state index contributed by atoms with van der Waals surface area (Å²) in [5.74, 6) is 1.97. The van der Waals surface area contributed by atoms with Crippen molar-refractivity contribution in [2.75, 3.05) is 52.7 Å². The Bertz CT molecular complexity index is 674. The number of nitrogens with zero attached hydrogens (tertiary/aromatic N) is 2. The summed E-state index contributed by atoms with van der Waals surface area (Å²) >= 11 is 0. The number of carbonyl (C=O) groups excluding carboxylic acids is 1. The van der Waals surface area contributed by atoms with Gasteiger partial charge in [0.05, 0.1) is 13.2 Å². The number of rotatable bonds is 6. The minimum atomic E-state index is 0.112. The number of morpholine rings is 1. The van der Waals surface area contributed by atoms with Gasteiger partial charge in [0, 0.05) is 39.1 Å². The van der Waals surface area contributed by atoms with Gasteiger partial charge in [0.1, 0.15) is 0 Å². The van der Waals surface area contributed by atoms with Gasteiger partial charge in [0.15, 0.2) is 11.5 Å². The average Bonchev–Trinajstić information content (AvgIpc) is 3.13. The Balaban J connectivity index is 1.32. The van der Waals surface area contributed by atoms with Crippen LogP contribution in [0.15, 0.2) is 18.2 Å². The van der Waals surface area contributed by atoms with E-state index < -0.39 is 0 Å². The third-order valence-electron chi connectivity index (χ3n) is 5.94. The summed E-state index contributed by atoms with van der Waals surface area (Å²) in [5.41, 5.74) is 1.37. The van der Waals surface area contributed by atoms with E-state index in [9.17, 15) is 4.79 Å². The quantitative estimate of drug-likeness (QED) is 0.765. The Morgan fingerprint density at radius 2 is 1.93 bits per heavy atom. The maximum Gasteiger partial charge on any atom is 0.231 e. The molecule has 4 rings (SSSR count). The number of piperidine rings is 1. The Kier molecular flexibility index (Phi) is 5.55. The van der Waals surface area contributed by atoms with E-state index in [2.05, 4.69) is 28.9 Å². The summed E-state index contributed by atoms with van der Waals surface area (Å²) in [6, 6.07) is 6.21. The van der Waals surface area contributed by atoms with Gasteiger partial charge in [0.25, 0.3) is 0 Å². The van der Waals surface area contributed by atoms with E-state index in [1.807, 2.05) is 6.07 Å². The predicted molar refractivity (Wildman–Crippen MR) is 102 cm³/mol. The largest absolute Gasteiger partial charge is 0.454 e. The molecule has 1 unspecified atom stereocenters. The lowest BCUT2D eigenvalue weighted by atomic mass is 9.76. The van der Waals surface area contributed by atoms with Gasteiger partial charge in [-0.15, -0.1) is 0 Å². The molecule has 0 aliphatic carbocycles. The van der Waals surface area contributed by atoms with Crippen molar-refractivity contribution in [1.82, 2.24) is 9.80 Å². The molecule has 27 heavy (non-hydrogen) atoms. The standard InChI is InChI=1S/C21H30N2O4/c1-21(14-17-3-4-18-19(13-17)27-16-26-18)6-5-20(24)23(15-21)8-2-7-22-9-11-25-12-10-22/h3-4,13H,2,5-12,14-16H2,1H3. The van der Waals surface area contributed by atoms with Crippen molar-refractivity contribution in [3.63, 3.8) is 0 Å². The first kappa shape index (κ1) is 18.6. The normalized spacial score (nSPS) is 25.8. The first-order valence-corrected chi connectivity index (χ1v) is 10.1. The molecule has 0 radical (unpaired) electrons. The van der Waals surface area contributed by atoms with Crippen molar-refractivity contribution in [3.8, 4) is 11.5 Å². The summed E-state index contributed by atoms with van der Waals surface area (Å²) < 4.78 is 16.3. The zero-order chi connectivity index (χ0) is 18.7. The van der Waals surface area contributed by atoms with E-state index in [0.717, 1.165) is 76.7 Å². The lowest BCUT2D eigenvalue weighted by molar-refractivity contribution is -0.137. The maximum absolute atomic E-state index is 12.4. The summed E-state index contributed by atoms with van der Waals surface area (Å²) in [4.78, 5) is 16.9. The SMILES string of the molecule is CC1(Cc2ccc3c(c2)OCO3)CCC(=O)N(CCCN2CCOCC2)C1. The molecule has 148 valence electrons. The van der Waals surface area contributed by atoms with Crippen LogP contribution >= 0.6 is 0 Å². The van der Waals surface area contributed by atoms with Crippen LogP contribution in [0.4, 0.5) is 0 Å². The Hall–Kier alpha value is -1.79. The monoisotopic (exact) mass is 374 g/mol. The van der Waals surface area contributed by atoms with Crippen LogP contribution in [-0.2, 0) is 16.0 Å². The Morgan fingerprint density at radius 1 is 1.11 bits per heavy atom. The molecule has 0 N–H and O–H groups in total. The Morgan fingerprint density at radius 3 is 2.78 bits per heavy atom. The molecule has 0 bridgehead atoms. The van der Waals surface area contributed by atoms with Crippen LogP contribution in [0.2, 0.25) is 0 Å². The van der Waals surface area contributed by atoms with Crippen LogP contribution in [0.25, 0.3) is 0 Å². The highest BCUT2D eigenvalue weighted by molar-refractivity contribution is 5.77. The van der Waals surface area contributed by atoms with Crippen LogP contribution in [0, 0.1) is 5.41 Å². The molecule has 6 heteroatoms. The van der Waals surface area contributed by atoms with E-state index in [-0.39, 0.29) is 5.41 Å². The molecular formula is C21H30N2O4. The second-order valence-corrected chi connectivity index (χ2v) is 8.30. The zero-order valence-corrected chi connectivity index (χ0v) is 16.2. The molecule has 0 saturated carbocycles. The van der Waals surface area contributed by atoms with Gasteiger partial charge in [0.2, 0.25) is 12.7 Å². The van der Waals surface area contributed by atoms with E-state index in [0.29, 0.717) is 19.1 Å². The Labute approximate surface area is 161 Å². The minimum absolute atomic E-state index is 0.112. The number of carbonyl (C=O) groups is 1. The molecule has 2 fully saturated rings. The lowest BCUT2D eigenvalue weighted by Crippen LogP contribution is -2.47. The zero-order valence-electron chi connectivity index (χ0n) is 16.2. The highest BCUT2D eigenvalue weighted by Gasteiger charge is 2.35. The number of fused-ring (bicyclic) bond motifs is 1. The highest BCUT2D eigenvalue weighted by Crippen LogP contribution is 2.37. The van der Waals surface area contributed by atoms with Crippen molar-refractivity contribution in [1.29, 1.82) is 0 Å². The van der Waals surface area contributed by atoms with E-state index in [1.54, 1.807) is 0 Å². The molecule has 1 aromatic rings. The summed E-state index contributed by atoms with van der Waals surface area (Å²) in [6.07, 6.45) is 3.58. The summed E-state index contributed by atoms with van der Waals surface area (Å²) in [6.45, 7) is 9.03. The fourth-order valence-corrected chi connectivity index (χ4v) is 4.40. The van der Waals surface area contributed by atoms with Gasteiger partial charge in [-0.1, -0.05) is 13.0 Å². The van der Waals surface area contributed by atoms with Crippen LogP contribution in [-0.4, -0.2) is 68.4 Å². The summed E-state index contributed by atoms with van der Waals surface area (Å²) in [7, 11) is 0. The molecule has 1 aromatic carbocycles. The van der Waals surface area contributed by atoms with E-state index >= 15 is 0 Å². The van der Waals surface area contributed by atoms with Gasteiger partial charge < -0.3 is 19.1 Å². The molecule has 1 atom stereocenters. The third-order valence-corrected chi connectivity index (χ3v) is 5.94. The fourth-order valence-electron chi connectivity index (χ4n) is 4.40. The summed E-state index contributed by atoms with van der Waals surface area (Å²) in [5, 5.41) is 0. The first-order chi connectivity index (χ1) is 13.1. The van der Waals surface area contributed by atoms with Crippen molar-refractivity contribution in [2.24, 2.45) is 5.41 Å². The van der Waals surface area contributed by atoms with E-state index in [4.69, 9.17) is 14.2 Å². The first-order valence-electron chi connectivity index (χ1n) is 10.1. The second-order valence-electron chi connectivity index (χ2n) is 8.30. The molecule has 1 amide bonds. The number of amides is 1. The average molecular weight is 374 g/mol. The molecule has 6 nitrogen and oxygen atoms in total. The van der Waals surface area contributed by atoms with Gasteiger partial charge in [-0.25, -0.2) is 0 Å². The fraction of sp³-hybridized carbons (Fsp3) is 0.667. The third kappa shape index (κ3) is 4.55. The molecule has 3 heterocycles. The number of ether oxygens (including phenoxy) is 3. The molecular weight excluding hydrogens is 344 g/mol. The van der Waals surface area contributed by atoms with Gasteiger partial charge in [-0.3, -0.25) is 9.69 Å². The van der Waals surface area contributed by atoms with E-state index in [1.165, 1.54) is 5.56 Å². The second kappa shape index (κ2) is 8.07. The van der Waals surface area contributed by atoms with Crippen molar-refractivity contribution in [2.45, 2.75) is 32.6 Å². The van der Waals surface area contributed by atoms with Gasteiger partial charge in [-0.05, 0) is 42.4 Å². The number of benzene rings is 1. The van der Waals surface area contributed by atoms with Crippen molar-refractivity contribution in [3.05, 3.63) is 23.8 Å². The number of hydrogen-bond donors (Lipinski definition) is 0. The van der Waals surface area contributed by atoms with Crippen LogP contribution in [0.1, 0.15) is 31.7 Å². The van der Waals surface area contributed by atoms with Crippen LogP contribution < -0.4 is 9.47 Å². The van der Waals surface area contributed by atoms with Crippen molar-refractivity contribution >= 4 is 5.91 Å². The highest BCUT2D eigenvalue weighted by atomic mass is 16.7. The topological polar surface area (TPSA) is 51.2 Å². The minimum Gasteiger partial charge on any atom is -0.454 e. The molecule has 3 aliphatic heterocycles. The molecule has 0 spiro atoms. The van der Waals surface area contributed by atoms with Crippen molar-refractivity contribution < 1.29 is 19.0 Å². The lowest BCUT2D eigenvalue weighted by Gasteiger charge is -2.41. The van der Waals surface area contributed by atoms with Gasteiger partial charge in [-0.2, -0.15) is 0 Å².